The van der Waals surface area contributed by atoms with Crippen molar-refractivity contribution in [1.29, 1.82) is 0 Å². The van der Waals surface area contributed by atoms with Gasteiger partial charge in [-0.15, -0.1) is 0 Å². The zero-order valence-corrected chi connectivity index (χ0v) is 13.1. The molecule has 2 bridgehead atoms. The molecule has 3 nitrogen and oxygen atoms in total. The minimum atomic E-state index is -0.365. The molecule has 1 amide bonds. The van der Waals surface area contributed by atoms with E-state index in [4.69, 9.17) is 5.73 Å². The van der Waals surface area contributed by atoms with Crippen LogP contribution in [0, 0.1) is 22.7 Å². The van der Waals surface area contributed by atoms with Gasteiger partial charge in [0.1, 0.15) is 0 Å². The highest BCUT2D eigenvalue weighted by Gasteiger charge is 2.61. The molecule has 2 aliphatic carbocycles. The van der Waals surface area contributed by atoms with Crippen molar-refractivity contribution in [2.24, 2.45) is 28.4 Å². The molecule has 0 saturated heterocycles. The van der Waals surface area contributed by atoms with Gasteiger partial charge in [0.25, 0.3) is 0 Å². The SMILES string of the molecule is CCC(C)[C@H](N)C(=O)NC1CC2CCC1(C)C2(C)C. The molecule has 2 aliphatic rings. The number of carbonyl (C=O) groups excluding carboxylic acids is 1. The van der Waals surface area contributed by atoms with Crippen molar-refractivity contribution in [3.63, 3.8) is 0 Å². The summed E-state index contributed by atoms with van der Waals surface area (Å²) in [5.74, 6) is 1.05. The second-order valence-electron chi connectivity index (χ2n) is 7.58. The monoisotopic (exact) mass is 266 g/mol. The molecule has 0 aromatic heterocycles. The number of amides is 1. The van der Waals surface area contributed by atoms with Crippen LogP contribution in [0.15, 0.2) is 0 Å². The Labute approximate surface area is 117 Å². The van der Waals surface area contributed by atoms with Crippen molar-refractivity contribution in [2.45, 2.75) is 72.4 Å². The van der Waals surface area contributed by atoms with E-state index < -0.39 is 0 Å². The third-order valence-corrected chi connectivity index (χ3v) is 6.67. The molecule has 5 atom stereocenters. The van der Waals surface area contributed by atoms with Gasteiger partial charge in [-0.1, -0.05) is 41.0 Å². The van der Waals surface area contributed by atoms with Crippen LogP contribution in [0.4, 0.5) is 0 Å². The van der Waals surface area contributed by atoms with Crippen LogP contribution in [0.5, 0.6) is 0 Å². The molecule has 110 valence electrons. The summed E-state index contributed by atoms with van der Waals surface area (Å²) in [4.78, 5) is 12.3. The molecular weight excluding hydrogens is 236 g/mol. The van der Waals surface area contributed by atoms with Gasteiger partial charge >= 0.3 is 0 Å². The van der Waals surface area contributed by atoms with Crippen molar-refractivity contribution >= 4 is 5.91 Å². The maximum Gasteiger partial charge on any atom is 0.237 e. The van der Waals surface area contributed by atoms with E-state index in [1.54, 1.807) is 0 Å². The number of fused-ring (bicyclic) bond motifs is 2. The quantitative estimate of drug-likeness (QED) is 0.822. The molecule has 3 N–H and O–H groups in total. The lowest BCUT2D eigenvalue weighted by molar-refractivity contribution is -0.125. The number of hydrogen-bond acceptors (Lipinski definition) is 2. The highest BCUT2D eigenvalue weighted by atomic mass is 16.2. The molecule has 2 saturated carbocycles. The summed E-state index contributed by atoms with van der Waals surface area (Å²) in [5, 5.41) is 3.26. The highest BCUT2D eigenvalue weighted by molar-refractivity contribution is 5.82. The fourth-order valence-electron chi connectivity index (χ4n) is 4.20. The van der Waals surface area contributed by atoms with Crippen LogP contribution in [0.3, 0.4) is 0 Å². The predicted molar refractivity (Wildman–Crippen MR) is 78.6 cm³/mol. The van der Waals surface area contributed by atoms with E-state index >= 15 is 0 Å². The molecule has 3 heteroatoms. The van der Waals surface area contributed by atoms with E-state index in [1.807, 2.05) is 0 Å². The Kier molecular flexibility index (Phi) is 3.72. The lowest BCUT2D eigenvalue weighted by Crippen LogP contribution is -2.53. The van der Waals surface area contributed by atoms with Crippen LogP contribution in [-0.4, -0.2) is 18.0 Å². The molecule has 0 heterocycles. The smallest absolute Gasteiger partial charge is 0.237 e. The largest absolute Gasteiger partial charge is 0.351 e. The van der Waals surface area contributed by atoms with Crippen molar-refractivity contribution in [1.82, 2.24) is 5.32 Å². The average molecular weight is 266 g/mol. The van der Waals surface area contributed by atoms with Gasteiger partial charge in [0.15, 0.2) is 0 Å². The zero-order chi connectivity index (χ0) is 14.4. The summed E-state index contributed by atoms with van der Waals surface area (Å²) in [7, 11) is 0. The van der Waals surface area contributed by atoms with Crippen molar-refractivity contribution in [3.05, 3.63) is 0 Å². The van der Waals surface area contributed by atoms with E-state index in [0.717, 1.165) is 18.8 Å². The van der Waals surface area contributed by atoms with Gasteiger partial charge in [0.05, 0.1) is 6.04 Å². The normalized spacial score (nSPS) is 39.1. The summed E-state index contributed by atoms with van der Waals surface area (Å²) < 4.78 is 0. The molecule has 4 unspecified atom stereocenters. The van der Waals surface area contributed by atoms with Gasteiger partial charge < -0.3 is 11.1 Å². The van der Waals surface area contributed by atoms with E-state index in [2.05, 4.69) is 39.9 Å². The first kappa shape index (κ1) is 14.8. The second-order valence-corrected chi connectivity index (χ2v) is 7.58. The molecule has 0 aromatic carbocycles. The number of rotatable bonds is 4. The Balaban J connectivity index is 2.04. The van der Waals surface area contributed by atoms with Crippen molar-refractivity contribution in [3.8, 4) is 0 Å². The fourth-order valence-corrected chi connectivity index (χ4v) is 4.20. The molecule has 0 aliphatic heterocycles. The lowest BCUT2D eigenvalue weighted by atomic mass is 9.69. The van der Waals surface area contributed by atoms with Crippen molar-refractivity contribution < 1.29 is 4.79 Å². The Morgan fingerprint density at radius 1 is 1.42 bits per heavy atom. The van der Waals surface area contributed by atoms with Gasteiger partial charge in [-0.05, 0) is 41.9 Å². The van der Waals surface area contributed by atoms with E-state index in [9.17, 15) is 4.79 Å². The minimum absolute atomic E-state index is 0.0453. The summed E-state index contributed by atoms with van der Waals surface area (Å²) in [6, 6.07) is -0.0558. The first-order chi connectivity index (χ1) is 8.74. The summed E-state index contributed by atoms with van der Waals surface area (Å²) in [6.07, 6.45) is 4.62. The van der Waals surface area contributed by atoms with Gasteiger partial charge in [-0.3, -0.25) is 4.79 Å². The number of nitrogens with one attached hydrogen (secondary N) is 1. The van der Waals surface area contributed by atoms with Gasteiger partial charge in [-0.25, -0.2) is 0 Å². The Bertz CT molecular complexity index is 366. The molecule has 0 radical (unpaired) electrons. The molecule has 2 fully saturated rings. The molecule has 19 heavy (non-hydrogen) atoms. The van der Waals surface area contributed by atoms with Crippen LogP contribution in [-0.2, 0) is 4.79 Å². The first-order valence-corrected chi connectivity index (χ1v) is 7.80. The Hall–Kier alpha value is -0.570. The van der Waals surface area contributed by atoms with Gasteiger partial charge in [0, 0.05) is 6.04 Å². The number of nitrogens with two attached hydrogens (primary N) is 1. The van der Waals surface area contributed by atoms with E-state index in [1.165, 1.54) is 12.8 Å². The van der Waals surface area contributed by atoms with Crippen LogP contribution >= 0.6 is 0 Å². The van der Waals surface area contributed by atoms with Crippen LogP contribution in [0.2, 0.25) is 0 Å². The predicted octanol–water partition coefficient (Wildman–Crippen LogP) is 2.69. The molecule has 0 spiro atoms. The van der Waals surface area contributed by atoms with Gasteiger partial charge in [-0.2, -0.15) is 0 Å². The zero-order valence-electron chi connectivity index (χ0n) is 13.1. The summed E-state index contributed by atoms with van der Waals surface area (Å²) in [5.41, 5.74) is 6.62. The van der Waals surface area contributed by atoms with E-state index in [-0.39, 0.29) is 23.3 Å². The molecular formula is C16H30N2O. The third kappa shape index (κ3) is 2.10. The fraction of sp³-hybridized carbons (Fsp3) is 0.938. The Morgan fingerprint density at radius 3 is 2.47 bits per heavy atom. The van der Waals surface area contributed by atoms with Gasteiger partial charge in [0.2, 0.25) is 5.91 Å². The standard InChI is InChI=1S/C16H30N2O/c1-6-10(2)13(17)14(19)18-12-9-11-7-8-16(12,5)15(11,3)4/h10-13H,6-9,17H2,1-5H3,(H,18,19)/t10?,11?,12?,13-,16?/m0/s1. The maximum atomic E-state index is 12.3. The van der Waals surface area contributed by atoms with Crippen molar-refractivity contribution in [2.75, 3.05) is 0 Å². The minimum Gasteiger partial charge on any atom is -0.351 e. The van der Waals surface area contributed by atoms with Crippen LogP contribution < -0.4 is 11.1 Å². The topological polar surface area (TPSA) is 55.1 Å². The summed E-state index contributed by atoms with van der Waals surface area (Å²) in [6.45, 7) is 11.2. The maximum absolute atomic E-state index is 12.3. The van der Waals surface area contributed by atoms with Crippen LogP contribution in [0.1, 0.15) is 60.3 Å². The second kappa shape index (κ2) is 4.76. The first-order valence-electron chi connectivity index (χ1n) is 7.80. The molecule has 2 rings (SSSR count). The van der Waals surface area contributed by atoms with Crippen LogP contribution in [0.25, 0.3) is 0 Å². The average Bonchev–Trinajstić information content (AvgIpc) is 2.69. The molecule has 0 aromatic rings. The summed E-state index contributed by atoms with van der Waals surface area (Å²) >= 11 is 0. The highest BCUT2D eigenvalue weighted by Crippen LogP contribution is 2.65. The lowest BCUT2D eigenvalue weighted by Gasteiger charge is -2.40. The number of hydrogen-bond donors (Lipinski definition) is 2. The third-order valence-electron chi connectivity index (χ3n) is 6.67. The van der Waals surface area contributed by atoms with E-state index in [0.29, 0.717) is 11.5 Å². The Morgan fingerprint density at radius 2 is 2.05 bits per heavy atom. The number of carbonyl (C=O) groups is 1.